The second-order valence-electron chi connectivity index (χ2n) is 4.03. The van der Waals surface area contributed by atoms with E-state index in [-0.39, 0.29) is 11.7 Å². The molecule has 3 heteroatoms. The Morgan fingerprint density at radius 2 is 2.29 bits per heavy atom. The average molecular weight is 214 g/mol. The summed E-state index contributed by atoms with van der Waals surface area (Å²) >= 11 is 1.60. The second-order valence-corrected chi connectivity index (χ2v) is 5.01. The van der Waals surface area contributed by atoms with Gasteiger partial charge in [-0.2, -0.15) is 0 Å². The van der Waals surface area contributed by atoms with Gasteiger partial charge in [0.2, 0.25) is 0 Å². The fourth-order valence-electron chi connectivity index (χ4n) is 1.21. The van der Waals surface area contributed by atoms with Crippen molar-refractivity contribution in [3.8, 4) is 0 Å². The van der Waals surface area contributed by atoms with Crippen molar-refractivity contribution >= 4 is 11.3 Å². The summed E-state index contributed by atoms with van der Waals surface area (Å²) in [7, 11) is 1.71. The van der Waals surface area contributed by atoms with Crippen LogP contribution >= 0.6 is 11.3 Å². The lowest BCUT2D eigenvalue weighted by Gasteiger charge is -2.23. The molecule has 1 heterocycles. The van der Waals surface area contributed by atoms with Gasteiger partial charge in [0.15, 0.2) is 0 Å². The molecule has 1 rings (SSSR count). The molecule has 0 aliphatic heterocycles. The molecule has 1 unspecified atom stereocenters. The predicted octanol–water partition coefficient (Wildman–Crippen LogP) is 2.99. The lowest BCUT2D eigenvalue weighted by atomic mass is 9.99. The van der Waals surface area contributed by atoms with Crippen molar-refractivity contribution in [2.24, 2.45) is 0 Å². The van der Waals surface area contributed by atoms with E-state index in [1.807, 2.05) is 31.4 Å². The second kappa shape index (κ2) is 4.91. The van der Waals surface area contributed by atoms with E-state index in [2.05, 4.69) is 0 Å². The van der Waals surface area contributed by atoms with Gasteiger partial charge in [0.1, 0.15) is 0 Å². The van der Waals surface area contributed by atoms with Gasteiger partial charge in [-0.1, -0.05) is 6.07 Å². The normalized spacial score (nSPS) is 14.3. The Labute approximate surface area is 89.5 Å². The molecule has 0 aliphatic carbocycles. The number of hydrogen-bond acceptors (Lipinski definition) is 3. The fourth-order valence-corrected chi connectivity index (χ4v) is 1.96. The summed E-state index contributed by atoms with van der Waals surface area (Å²) in [5.74, 6) is 0. The highest BCUT2D eigenvalue weighted by Gasteiger charge is 2.19. The van der Waals surface area contributed by atoms with Crippen molar-refractivity contribution in [2.45, 2.75) is 38.4 Å². The summed E-state index contributed by atoms with van der Waals surface area (Å²) in [5, 5.41) is 11.8. The van der Waals surface area contributed by atoms with E-state index in [0.717, 1.165) is 17.7 Å². The van der Waals surface area contributed by atoms with Crippen LogP contribution in [-0.2, 0) is 4.74 Å². The molecule has 0 fully saturated rings. The van der Waals surface area contributed by atoms with Crippen molar-refractivity contribution < 1.29 is 9.84 Å². The maximum absolute atomic E-state index is 9.82. The van der Waals surface area contributed by atoms with E-state index >= 15 is 0 Å². The Bertz CT molecular complexity index is 254. The number of rotatable bonds is 5. The van der Waals surface area contributed by atoms with Crippen LogP contribution < -0.4 is 0 Å². The van der Waals surface area contributed by atoms with Crippen LogP contribution in [0.4, 0.5) is 0 Å². The highest BCUT2D eigenvalue weighted by molar-refractivity contribution is 7.10. The van der Waals surface area contributed by atoms with Crippen molar-refractivity contribution in [1.29, 1.82) is 0 Å². The van der Waals surface area contributed by atoms with Crippen LogP contribution in [0.3, 0.4) is 0 Å². The zero-order chi connectivity index (χ0) is 10.6. The summed E-state index contributed by atoms with van der Waals surface area (Å²) in [6, 6.07) is 3.93. The molecule has 0 bridgehead atoms. The monoisotopic (exact) mass is 214 g/mol. The van der Waals surface area contributed by atoms with Gasteiger partial charge in [0.25, 0.3) is 0 Å². The molecule has 1 atom stereocenters. The third kappa shape index (κ3) is 3.40. The number of methoxy groups -OCH3 is 1. The van der Waals surface area contributed by atoms with Crippen LogP contribution in [0.15, 0.2) is 17.5 Å². The first kappa shape index (κ1) is 11.7. The number of thiophene rings is 1. The highest BCUT2D eigenvalue weighted by atomic mass is 32.1. The minimum atomic E-state index is -0.343. The first-order chi connectivity index (χ1) is 6.55. The number of ether oxygens (including phenoxy) is 1. The molecule has 14 heavy (non-hydrogen) atoms. The quantitative estimate of drug-likeness (QED) is 0.816. The molecule has 1 aromatic rings. The molecule has 0 saturated heterocycles. The molecular formula is C11H18O2S. The maximum Gasteiger partial charge on any atom is 0.0883 e. The minimum Gasteiger partial charge on any atom is -0.388 e. The third-order valence-electron chi connectivity index (χ3n) is 2.44. The smallest absolute Gasteiger partial charge is 0.0883 e. The van der Waals surface area contributed by atoms with Crippen LogP contribution in [-0.4, -0.2) is 17.8 Å². The number of hydrogen-bond donors (Lipinski definition) is 1. The highest BCUT2D eigenvalue weighted by Crippen LogP contribution is 2.26. The summed E-state index contributed by atoms with van der Waals surface area (Å²) in [5.41, 5.74) is -0.141. The first-order valence-electron chi connectivity index (χ1n) is 4.82. The van der Waals surface area contributed by atoms with E-state index in [1.54, 1.807) is 18.4 Å². The lowest BCUT2D eigenvalue weighted by Crippen LogP contribution is -2.22. The molecule has 0 spiro atoms. The van der Waals surface area contributed by atoms with Crippen LogP contribution in [0.2, 0.25) is 0 Å². The molecule has 1 N–H and O–H groups in total. The molecule has 0 aliphatic rings. The average Bonchev–Trinajstić information content (AvgIpc) is 2.67. The number of aliphatic hydroxyl groups excluding tert-OH is 1. The van der Waals surface area contributed by atoms with Crippen molar-refractivity contribution in [3.63, 3.8) is 0 Å². The molecular weight excluding hydrogens is 196 g/mol. The van der Waals surface area contributed by atoms with Crippen LogP contribution in [0.25, 0.3) is 0 Å². The van der Waals surface area contributed by atoms with Gasteiger partial charge in [-0.15, -0.1) is 11.3 Å². The summed E-state index contributed by atoms with van der Waals surface area (Å²) < 4.78 is 5.30. The van der Waals surface area contributed by atoms with E-state index in [1.165, 1.54) is 0 Å². The Morgan fingerprint density at radius 3 is 2.79 bits per heavy atom. The van der Waals surface area contributed by atoms with E-state index in [0.29, 0.717) is 0 Å². The van der Waals surface area contributed by atoms with E-state index < -0.39 is 0 Å². The number of aliphatic hydroxyl groups is 1. The molecule has 80 valence electrons. The van der Waals surface area contributed by atoms with Gasteiger partial charge in [-0.25, -0.2) is 0 Å². The Kier molecular flexibility index (Phi) is 4.11. The SMILES string of the molecule is COC(C)(C)CCC(O)c1cccs1. The zero-order valence-electron chi connectivity index (χ0n) is 8.99. The first-order valence-corrected chi connectivity index (χ1v) is 5.70. The van der Waals surface area contributed by atoms with Crippen molar-refractivity contribution in [3.05, 3.63) is 22.4 Å². The van der Waals surface area contributed by atoms with Crippen LogP contribution in [0.1, 0.15) is 37.7 Å². The Balaban J connectivity index is 2.39. The fraction of sp³-hybridized carbons (Fsp3) is 0.636. The summed E-state index contributed by atoms with van der Waals surface area (Å²) in [4.78, 5) is 1.04. The molecule has 0 radical (unpaired) electrons. The van der Waals surface area contributed by atoms with Crippen LogP contribution in [0.5, 0.6) is 0 Å². The largest absolute Gasteiger partial charge is 0.388 e. The molecule has 0 amide bonds. The topological polar surface area (TPSA) is 29.5 Å². The zero-order valence-corrected chi connectivity index (χ0v) is 9.80. The summed E-state index contributed by atoms with van der Waals surface area (Å²) in [6.45, 7) is 4.07. The van der Waals surface area contributed by atoms with Gasteiger partial charge in [-0.05, 0) is 38.1 Å². The maximum atomic E-state index is 9.82. The van der Waals surface area contributed by atoms with Gasteiger partial charge in [-0.3, -0.25) is 0 Å². The van der Waals surface area contributed by atoms with E-state index in [4.69, 9.17) is 4.74 Å². The predicted molar refractivity (Wildman–Crippen MR) is 59.6 cm³/mol. The molecule has 0 saturated carbocycles. The third-order valence-corrected chi connectivity index (χ3v) is 3.42. The van der Waals surface area contributed by atoms with E-state index in [9.17, 15) is 5.11 Å². The van der Waals surface area contributed by atoms with Crippen molar-refractivity contribution in [2.75, 3.05) is 7.11 Å². The molecule has 0 aromatic carbocycles. The molecule has 1 aromatic heterocycles. The molecule has 2 nitrogen and oxygen atoms in total. The van der Waals surface area contributed by atoms with Gasteiger partial charge < -0.3 is 9.84 Å². The van der Waals surface area contributed by atoms with Gasteiger partial charge in [0.05, 0.1) is 11.7 Å². The lowest BCUT2D eigenvalue weighted by molar-refractivity contribution is 0.00310. The standard InChI is InChI=1S/C11H18O2S/c1-11(2,13-3)7-6-9(12)10-5-4-8-14-10/h4-5,8-9,12H,6-7H2,1-3H3. The van der Waals surface area contributed by atoms with Crippen LogP contribution in [0, 0.1) is 0 Å². The minimum absolute atomic E-state index is 0.141. The van der Waals surface area contributed by atoms with Crippen molar-refractivity contribution in [1.82, 2.24) is 0 Å². The van der Waals surface area contributed by atoms with Gasteiger partial charge in [0, 0.05) is 12.0 Å². The summed E-state index contributed by atoms with van der Waals surface area (Å²) in [6.07, 6.45) is 1.27. The Morgan fingerprint density at radius 1 is 1.57 bits per heavy atom. The Hall–Kier alpha value is -0.380. The van der Waals surface area contributed by atoms with Gasteiger partial charge >= 0.3 is 0 Å².